The van der Waals surface area contributed by atoms with Crippen molar-refractivity contribution in [1.82, 2.24) is 0 Å². The van der Waals surface area contributed by atoms with Crippen LogP contribution in [0.5, 0.6) is 0 Å². The first-order valence-corrected chi connectivity index (χ1v) is 7.35. The third-order valence-corrected chi connectivity index (χ3v) is 3.98. The van der Waals surface area contributed by atoms with Crippen LogP contribution in [-0.4, -0.2) is 5.90 Å². The highest BCUT2D eigenvalue weighted by atomic mass is 16.3. The number of aliphatic imine (C=N–C) groups is 1. The lowest BCUT2D eigenvalue weighted by atomic mass is 9.96. The zero-order valence-corrected chi connectivity index (χ0v) is 12.0. The van der Waals surface area contributed by atoms with E-state index in [4.69, 9.17) is 0 Å². The van der Waals surface area contributed by atoms with Gasteiger partial charge >= 0.3 is 0 Å². The SMILES string of the molecule is [O-]C(=NC1=CC=CC1)c1c2ccccc2cc2ccccc12. The van der Waals surface area contributed by atoms with Gasteiger partial charge in [-0.1, -0.05) is 60.7 Å². The Bertz CT molecular complexity index is 910. The maximum atomic E-state index is 12.8. The summed E-state index contributed by atoms with van der Waals surface area (Å²) < 4.78 is 0. The fourth-order valence-electron chi connectivity index (χ4n) is 2.95. The summed E-state index contributed by atoms with van der Waals surface area (Å²) in [4.78, 5) is 4.31. The van der Waals surface area contributed by atoms with Crippen LogP contribution in [0.15, 0.2) is 83.5 Å². The molecule has 0 amide bonds. The molecule has 2 nitrogen and oxygen atoms in total. The molecule has 0 fully saturated rings. The minimum atomic E-state index is -0.164. The molecule has 0 saturated carbocycles. The van der Waals surface area contributed by atoms with Crippen molar-refractivity contribution in [3.63, 3.8) is 0 Å². The van der Waals surface area contributed by atoms with Crippen LogP contribution >= 0.6 is 0 Å². The lowest BCUT2D eigenvalue weighted by Gasteiger charge is -2.17. The predicted octanol–water partition coefficient (Wildman–Crippen LogP) is 3.94. The Hall–Kier alpha value is -2.87. The average molecular weight is 284 g/mol. The van der Waals surface area contributed by atoms with E-state index in [0.29, 0.717) is 5.56 Å². The molecule has 0 unspecified atom stereocenters. The number of rotatable bonds is 2. The van der Waals surface area contributed by atoms with Gasteiger partial charge in [-0.15, -0.1) is 0 Å². The van der Waals surface area contributed by atoms with Crippen LogP contribution in [0.2, 0.25) is 0 Å². The molecule has 0 radical (unpaired) electrons. The number of fused-ring (bicyclic) bond motifs is 2. The average Bonchev–Trinajstić information content (AvgIpc) is 3.05. The van der Waals surface area contributed by atoms with Crippen LogP contribution in [-0.2, 0) is 0 Å². The molecule has 0 heterocycles. The van der Waals surface area contributed by atoms with E-state index in [0.717, 1.165) is 33.7 Å². The van der Waals surface area contributed by atoms with Crippen molar-refractivity contribution in [1.29, 1.82) is 0 Å². The second-order valence-electron chi connectivity index (χ2n) is 5.40. The molecule has 0 saturated heterocycles. The largest absolute Gasteiger partial charge is 0.858 e. The van der Waals surface area contributed by atoms with Gasteiger partial charge in [-0.05, 0) is 39.6 Å². The lowest BCUT2D eigenvalue weighted by Crippen LogP contribution is -2.20. The molecule has 4 rings (SSSR count). The van der Waals surface area contributed by atoms with Crippen molar-refractivity contribution in [2.75, 3.05) is 0 Å². The molecule has 0 bridgehead atoms. The van der Waals surface area contributed by atoms with E-state index in [1.807, 2.05) is 66.8 Å². The molecular formula is C20H14NO-. The van der Waals surface area contributed by atoms with E-state index in [2.05, 4.69) is 11.1 Å². The van der Waals surface area contributed by atoms with Crippen molar-refractivity contribution in [3.8, 4) is 0 Å². The van der Waals surface area contributed by atoms with Gasteiger partial charge in [-0.25, -0.2) is 0 Å². The Balaban J connectivity index is 2.04. The first-order chi connectivity index (χ1) is 10.8. The van der Waals surface area contributed by atoms with E-state index >= 15 is 0 Å². The molecule has 1 aliphatic rings. The Morgan fingerprint density at radius 2 is 1.55 bits per heavy atom. The second kappa shape index (κ2) is 5.15. The molecule has 0 atom stereocenters. The summed E-state index contributed by atoms with van der Waals surface area (Å²) in [5.41, 5.74) is 1.52. The van der Waals surface area contributed by atoms with Crippen LogP contribution in [0.1, 0.15) is 12.0 Å². The van der Waals surface area contributed by atoms with Gasteiger partial charge < -0.3 is 5.11 Å². The standard InChI is InChI=1S/C20H15NO/c22-20(21-16-9-3-4-10-16)19-17-11-5-1-7-14(17)13-15-8-2-6-12-18(15)19/h1-9,11-13H,10H2,(H,21,22)/p-1. The zero-order valence-electron chi connectivity index (χ0n) is 12.0. The highest BCUT2D eigenvalue weighted by Crippen LogP contribution is 2.28. The highest BCUT2D eigenvalue weighted by Gasteiger charge is 2.08. The lowest BCUT2D eigenvalue weighted by molar-refractivity contribution is -0.212. The van der Waals surface area contributed by atoms with Crippen LogP contribution in [0.4, 0.5) is 0 Å². The van der Waals surface area contributed by atoms with Crippen molar-refractivity contribution in [2.45, 2.75) is 6.42 Å². The maximum Gasteiger partial charge on any atom is 0.0434 e. The summed E-state index contributed by atoms with van der Waals surface area (Å²) >= 11 is 0. The summed E-state index contributed by atoms with van der Waals surface area (Å²) in [5.74, 6) is -0.164. The molecule has 3 aromatic rings. The van der Waals surface area contributed by atoms with Crippen molar-refractivity contribution < 1.29 is 5.11 Å². The smallest absolute Gasteiger partial charge is 0.0434 e. The molecule has 0 N–H and O–H groups in total. The molecule has 2 heteroatoms. The molecule has 1 aliphatic carbocycles. The number of hydrogen-bond acceptors (Lipinski definition) is 2. The van der Waals surface area contributed by atoms with Crippen LogP contribution in [0, 0.1) is 0 Å². The molecule has 3 aromatic carbocycles. The molecule has 106 valence electrons. The Labute approximate surface area is 128 Å². The third-order valence-electron chi connectivity index (χ3n) is 3.98. The van der Waals surface area contributed by atoms with Gasteiger partial charge in [0.1, 0.15) is 0 Å². The number of hydrogen-bond donors (Lipinski definition) is 0. The quantitative estimate of drug-likeness (QED) is 0.399. The van der Waals surface area contributed by atoms with Gasteiger partial charge in [-0.3, -0.25) is 4.99 Å². The summed E-state index contributed by atoms with van der Waals surface area (Å²) in [6.45, 7) is 0. The fourth-order valence-corrected chi connectivity index (χ4v) is 2.95. The first-order valence-electron chi connectivity index (χ1n) is 7.35. The Morgan fingerprint density at radius 3 is 2.14 bits per heavy atom. The Kier molecular flexibility index (Phi) is 3.01. The van der Waals surface area contributed by atoms with Crippen molar-refractivity contribution >= 4 is 27.4 Å². The topological polar surface area (TPSA) is 35.4 Å². The maximum absolute atomic E-state index is 12.8. The first kappa shape index (κ1) is 12.8. The van der Waals surface area contributed by atoms with Gasteiger partial charge in [0.2, 0.25) is 0 Å². The van der Waals surface area contributed by atoms with Crippen LogP contribution in [0.25, 0.3) is 21.5 Å². The minimum absolute atomic E-state index is 0.164. The van der Waals surface area contributed by atoms with E-state index in [1.54, 1.807) is 0 Å². The number of nitrogens with zero attached hydrogens (tertiary/aromatic N) is 1. The number of benzene rings is 3. The summed E-state index contributed by atoms with van der Waals surface area (Å²) in [5, 5.41) is 16.8. The summed E-state index contributed by atoms with van der Waals surface area (Å²) in [7, 11) is 0. The Morgan fingerprint density at radius 1 is 0.909 bits per heavy atom. The summed E-state index contributed by atoms with van der Waals surface area (Å²) in [6, 6.07) is 18.1. The monoisotopic (exact) mass is 284 g/mol. The molecular weight excluding hydrogens is 270 g/mol. The highest BCUT2D eigenvalue weighted by molar-refractivity contribution is 6.17. The fraction of sp³-hybridized carbons (Fsp3) is 0.0500. The van der Waals surface area contributed by atoms with Gasteiger partial charge in [0.05, 0.1) is 0 Å². The summed E-state index contributed by atoms with van der Waals surface area (Å²) in [6.07, 6.45) is 6.57. The number of allylic oxidation sites excluding steroid dienone is 3. The molecule has 22 heavy (non-hydrogen) atoms. The van der Waals surface area contributed by atoms with Crippen LogP contribution < -0.4 is 5.11 Å². The second-order valence-corrected chi connectivity index (χ2v) is 5.40. The van der Waals surface area contributed by atoms with E-state index in [-0.39, 0.29) is 5.90 Å². The van der Waals surface area contributed by atoms with Gasteiger partial charge in [0.25, 0.3) is 0 Å². The van der Waals surface area contributed by atoms with Crippen molar-refractivity contribution in [2.24, 2.45) is 4.99 Å². The van der Waals surface area contributed by atoms with Crippen LogP contribution in [0.3, 0.4) is 0 Å². The molecule has 0 aromatic heterocycles. The third kappa shape index (κ3) is 2.09. The minimum Gasteiger partial charge on any atom is -0.858 e. The molecule has 0 spiro atoms. The predicted molar refractivity (Wildman–Crippen MR) is 89.8 cm³/mol. The van der Waals surface area contributed by atoms with E-state index in [9.17, 15) is 5.11 Å². The van der Waals surface area contributed by atoms with E-state index < -0.39 is 0 Å². The van der Waals surface area contributed by atoms with Gasteiger partial charge in [-0.2, -0.15) is 0 Å². The van der Waals surface area contributed by atoms with Crippen molar-refractivity contribution in [3.05, 3.63) is 84.1 Å². The van der Waals surface area contributed by atoms with Gasteiger partial charge in [0, 0.05) is 17.7 Å². The van der Waals surface area contributed by atoms with Gasteiger partial charge in [0.15, 0.2) is 0 Å². The normalized spacial score (nSPS) is 14.7. The van der Waals surface area contributed by atoms with E-state index in [1.165, 1.54) is 0 Å². The zero-order chi connectivity index (χ0) is 14.9. The molecule has 0 aliphatic heterocycles.